The number of hydrogen-bond acceptors (Lipinski definition) is 6. The summed E-state index contributed by atoms with van der Waals surface area (Å²) in [6.07, 6.45) is 10.9. The van der Waals surface area contributed by atoms with Crippen molar-refractivity contribution in [3.63, 3.8) is 0 Å². The zero-order valence-electron chi connectivity index (χ0n) is 29.7. The molecule has 8 rings (SSSR count). The number of benzene rings is 6. The van der Waals surface area contributed by atoms with Crippen LogP contribution in [0.3, 0.4) is 0 Å². The van der Waals surface area contributed by atoms with E-state index in [4.69, 9.17) is 22.3 Å². The largest absolute Gasteiger partial charge is 0.457 e. The molecule has 0 radical (unpaired) electrons. The first-order valence-corrected chi connectivity index (χ1v) is 17.3. The van der Waals surface area contributed by atoms with Crippen LogP contribution in [0.1, 0.15) is 77.5 Å². The number of imide groups is 2. The highest BCUT2D eigenvalue weighted by molar-refractivity contribution is 6.35. The van der Waals surface area contributed by atoms with Gasteiger partial charge >= 0.3 is 0 Å². The molecule has 4 amide bonds. The Morgan fingerprint density at radius 2 is 0.764 bits per heavy atom. The highest BCUT2D eigenvalue weighted by Gasteiger charge is 2.38. The highest BCUT2D eigenvalue weighted by Crippen LogP contribution is 2.37. The maximum atomic E-state index is 13.3. The maximum absolute atomic E-state index is 13.3. The van der Waals surface area contributed by atoms with Gasteiger partial charge in [0.1, 0.15) is 23.0 Å². The molecule has 0 N–H and O–H groups in total. The average Bonchev–Trinajstić information content (AvgIpc) is 3.61. The van der Waals surface area contributed by atoms with Crippen LogP contribution in [0.5, 0.6) is 23.0 Å². The second-order valence-corrected chi connectivity index (χ2v) is 13.6. The molecule has 0 aliphatic carbocycles. The summed E-state index contributed by atoms with van der Waals surface area (Å²) >= 11 is 0. The summed E-state index contributed by atoms with van der Waals surface area (Å²) in [5, 5.41) is 0. The molecule has 0 bridgehead atoms. The van der Waals surface area contributed by atoms with E-state index in [1.165, 1.54) is 0 Å². The molecule has 6 aromatic carbocycles. The Hall–Kier alpha value is -7.68. The quantitative estimate of drug-likeness (QED) is 0.115. The monoisotopic (exact) mass is 718 g/mol. The Morgan fingerprint density at radius 1 is 0.436 bits per heavy atom. The number of carbonyl (C=O) groups excluding carboxylic acids is 4. The highest BCUT2D eigenvalue weighted by atomic mass is 16.5. The second kappa shape index (κ2) is 13.4. The van der Waals surface area contributed by atoms with Gasteiger partial charge in [-0.05, 0) is 120 Å². The number of hydrogen-bond donors (Lipinski definition) is 0. The molecule has 0 fully saturated rings. The molecule has 0 aromatic heterocycles. The predicted molar refractivity (Wildman–Crippen MR) is 209 cm³/mol. The molecule has 0 spiro atoms. The SMILES string of the molecule is C#Cc1ccc(N2C(=O)c3ccc(Oc4ccc(C(C)(C)c5ccc(Oc6ccc7c(c6)C(=O)N(c6ccc(C#C)cc6)C7=O)cc5)cc4)cc3C2=O)cc1. The van der Waals surface area contributed by atoms with Crippen molar-refractivity contribution in [1.82, 2.24) is 0 Å². The molecule has 0 atom stereocenters. The fraction of sp³-hybridized carbons (Fsp3) is 0.0638. The van der Waals surface area contributed by atoms with Gasteiger partial charge in [-0.3, -0.25) is 19.2 Å². The van der Waals surface area contributed by atoms with Crippen molar-refractivity contribution in [3.05, 3.63) is 178 Å². The van der Waals surface area contributed by atoms with Crippen molar-refractivity contribution < 1.29 is 28.7 Å². The summed E-state index contributed by atoms with van der Waals surface area (Å²) in [4.78, 5) is 55.0. The summed E-state index contributed by atoms with van der Waals surface area (Å²) in [6.45, 7) is 4.23. The van der Waals surface area contributed by atoms with Crippen LogP contribution < -0.4 is 19.3 Å². The normalized spacial score (nSPS) is 13.3. The van der Waals surface area contributed by atoms with E-state index in [2.05, 4.69) is 25.7 Å². The first-order chi connectivity index (χ1) is 26.5. The van der Waals surface area contributed by atoms with Crippen LogP contribution in [-0.4, -0.2) is 23.6 Å². The number of ether oxygens (including phenoxy) is 2. The molecule has 55 heavy (non-hydrogen) atoms. The molecule has 8 nitrogen and oxygen atoms in total. The standard InChI is InChI=1S/C47H30N2O6/c1-5-29-7-15-33(16-8-29)48-43(50)39-25-23-37(27-41(39)45(48)52)54-35-19-11-31(12-20-35)47(3,4)32-13-21-36(22-14-32)55-38-24-26-40-42(28-38)46(53)49(44(40)51)34-17-9-30(6-2)10-18-34/h1-2,7-28H,3-4H3. The summed E-state index contributed by atoms with van der Waals surface area (Å²) in [7, 11) is 0. The van der Waals surface area contributed by atoms with Crippen molar-refractivity contribution in [2.45, 2.75) is 19.3 Å². The number of fused-ring (bicyclic) bond motifs is 2. The molecule has 264 valence electrons. The lowest BCUT2D eigenvalue weighted by Gasteiger charge is -2.26. The minimum Gasteiger partial charge on any atom is -0.457 e. The Kier molecular flexibility index (Phi) is 8.37. The molecule has 6 aromatic rings. The molecule has 8 heteroatoms. The van der Waals surface area contributed by atoms with E-state index in [9.17, 15) is 19.2 Å². The van der Waals surface area contributed by atoms with Gasteiger partial charge < -0.3 is 9.47 Å². The number of rotatable bonds is 8. The van der Waals surface area contributed by atoms with Crippen molar-refractivity contribution in [2.24, 2.45) is 0 Å². The fourth-order valence-corrected chi connectivity index (χ4v) is 6.77. The molecule has 0 saturated carbocycles. The van der Waals surface area contributed by atoms with Crippen LogP contribution in [-0.2, 0) is 5.41 Å². The van der Waals surface area contributed by atoms with E-state index in [0.717, 1.165) is 20.9 Å². The van der Waals surface area contributed by atoms with Crippen LogP contribution in [0, 0.1) is 24.7 Å². The van der Waals surface area contributed by atoms with Crippen molar-refractivity contribution in [3.8, 4) is 47.7 Å². The van der Waals surface area contributed by atoms with Crippen LogP contribution >= 0.6 is 0 Å². The molecule has 2 aliphatic heterocycles. The van der Waals surface area contributed by atoms with E-state index in [1.807, 2.05) is 48.5 Å². The number of carbonyl (C=O) groups is 4. The van der Waals surface area contributed by atoms with Gasteiger partial charge in [-0.1, -0.05) is 50.0 Å². The molecule has 0 saturated heterocycles. The van der Waals surface area contributed by atoms with Gasteiger partial charge in [0, 0.05) is 16.5 Å². The Balaban J connectivity index is 0.930. The van der Waals surface area contributed by atoms with E-state index >= 15 is 0 Å². The summed E-state index contributed by atoms with van der Waals surface area (Å²) in [5.41, 5.74) is 5.03. The molecular weight excluding hydrogens is 689 g/mol. The zero-order valence-corrected chi connectivity index (χ0v) is 29.7. The van der Waals surface area contributed by atoms with Crippen LogP contribution in [0.4, 0.5) is 11.4 Å². The summed E-state index contributed by atoms with van der Waals surface area (Å²) in [6, 6.07) is 38.5. The van der Waals surface area contributed by atoms with Gasteiger partial charge in [-0.2, -0.15) is 0 Å². The van der Waals surface area contributed by atoms with E-state index < -0.39 is 23.6 Å². The van der Waals surface area contributed by atoms with Crippen LogP contribution in [0.25, 0.3) is 0 Å². The number of nitrogens with zero attached hydrogens (tertiary/aromatic N) is 2. The van der Waals surface area contributed by atoms with Gasteiger partial charge in [0.05, 0.1) is 33.6 Å². The third-order valence-electron chi connectivity index (χ3n) is 9.92. The Bertz CT molecular complexity index is 2460. The Labute approximate surface area is 317 Å². The number of amides is 4. The second-order valence-electron chi connectivity index (χ2n) is 13.6. The minimum absolute atomic E-state index is 0.267. The predicted octanol–water partition coefficient (Wildman–Crippen LogP) is 9.16. The first-order valence-electron chi connectivity index (χ1n) is 17.3. The van der Waals surface area contributed by atoms with Crippen LogP contribution in [0.2, 0.25) is 0 Å². The molecule has 0 unspecified atom stereocenters. The lowest BCUT2D eigenvalue weighted by molar-refractivity contribution is 0.0910. The van der Waals surface area contributed by atoms with Crippen LogP contribution in [0.15, 0.2) is 133 Å². The summed E-state index contributed by atoms with van der Waals surface area (Å²) in [5.74, 6) is 5.40. The number of terminal acetylenes is 2. The van der Waals surface area contributed by atoms with Gasteiger partial charge in [0.2, 0.25) is 0 Å². The zero-order chi connectivity index (χ0) is 38.4. The molecule has 2 aliphatic rings. The Morgan fingerprint density at radius 3 is 1.11 bits per heavy atom. The topological polar surface area (TPSA) is 93.2 Å². The van der Waals surface area contributed by atoms with Crippen molar-refractivity contribution in [1.29, 1.82) is 0 Å². The van der Waals surface area contributed by atoms with E-state index in [-0.39, 0.29) is 16.5 Å². The first kappa shape index (κ1) is 34.4. The minimum atomic E-state index is -0.429. The van der Waals surface area contributed by atoms with Crippen molar-refractivity contribution in [2.75, 3.05) is 9.80 Å². The number of anilines is 2. The lowest BCUT2D eigenvalue weighted by Crippen LogP contribution is -2.29. The van der Waals surface area contributed by atoms with Gasteiger partial charge in [0.15, 0.2) is 0 Å². The lowest BCUT2D eigenvalue weighted by atomic mass is 9.78. The van der Waals surface area contributed by atoms with Crippen molar-refractivity contribution >= 4 is 35.0 Å². The fourth-order valence-electron chi connectivity index (χ4n) is 6.77. The van der Waals surface area contributed by atoms with E-state index in [0.29, 0.717) is 56.6 Å². The summed E-state index contributed by atoms with van der Waals surface area (Å²) < 4.78 is 12.2. The maximum Gasteiger partial charge on any atom is 0.266 e. The molecule has 2 heterocycles. The third-order valence-corrected chi connectivity index (χ3v) is 9.92. The van der Waals surface area contributed by atoms with Gasteiger partial charge in [-0.25, -0.2) is 9.80 Å². The average molecular weight is 719 g/mol. The van der Waals surface area contributed by atoms with E-state index in [1.54, 1.807) is 84.9 Å². The van der Waals surface area contributed by atoms with Gasteiger partial charge in [-0.15, -0.1) is 12.8 Å². The molecular formula is C47H30N2O6. The smallest absolute Gasteiger partial charge is 0.266 e. The third kappa shape index (κ3) is 6.08. The van der Waals surface area contributed by atoms with Gasteiger partial charge in [0.25, 0.3) is 23.6 Å².